The third-order valence-corrected chi connectivity index (χ3v) is 5.17. The van der Waals surface area contributed by atoms with Crippen molar-refractivity contribution in [3.63, 3.8) is 0 Å². The van der Waals surface area contributed by atoms with E-state index in [1.807, 2.05) is 35.7 Å². The van der Waals surface area contributed by atoms with E-state index in [0.29, 0.717) is 20.3 Å². The molecule has 0 saturated heterocycles. The number of hydrogen-bond acceptors (Lipinski definition) is 5. The van der Waals surface area contributed by atoms with Gasteiger partial charge >= 0.3 is 0 Å². The second kappa shape index (κ2) is 5.31. The maximum absolute atomic E-state index is 12.4. The summed E-state index contributed by atoms with van der Waals surface area (Å²) >= 11 is 8.75. The molecule has 0 amide bonds. The average molecular weight is 346 g/mol. The second-order valence-electron chi connectivity index (χ2n) is 4.57. The van der Waals surface area contributed by atoms with E-state index in [-0.39, 0.29) is 5.56 Å². The van der Waals surface area contributed by atoms with E-state index in [4.69, 9.17) is 11.6 Å². The Morgan fingerprint density at radius 2 is 2.00 bits per heavy atom. The largest absolute Gasteiger partial charge is 0.291 e. The highest BCUT2D eigenvalue weighted by atomic mass is 35.5. The Hall–Kier alpha value is -2.02. The van der Waals surface area contributed by atoms with E-state index in [1.165, 1.54) is 15.9 Å². The van der Waals surface area contributed by atoms with Gasteiger partial charge in [0.05, 0.1) is 9.41 Å². The lowest BCUT2D eigenvalue weighted by Gasteiger charge is -1.91. The van der Waals surface area contributed by atoms with Gasteiger partial charge in [-0.05, 0) is 35.2 Å². The summed E-state index contributed by atoms with van der Waals surface area (Å²) in [5, 5.41) is 6.93. The molecule has 0 unspecified atom stereocenters. The molecule has 0 bridgehead atoms. The first-order valence-electron chi connectivity index (χ1n) is 6.41. The van der Waals surface area contributed by atoms with Gasteiger partial charge in [-0.25, -0.2) is 0 Å². The van der Waals surface area contributed by atoms with Crippen molar-refractivity contribution in [3.8, 4) is 10.7 Å². The summed E-state index contributed by atoms with van der Waals surface area (Å²) < 4.78 is 1.97. The van der Waals surface area contributed by atoms with E-state index in [0.717, 1.165) is 10.4 Å². The van der Waals surface area contributed by atoms with Crippen molar-refractivity contribution in [3.05, 3.63) is 67.3 Å². The summed E-state index contributed by atoms with van der Waals surface area (Å²) in [5.74, 6) is 0.594. The topological polar surface area (TPSA) is 47.3 Å². The van der Waals surface area contributed by atoms with Gasteiger partial charge in [-0.2, -0.15) is 9.50 Å². The average Bonchev–Trinajstić information content (AvgIpc) is 3.20. The second-order valence-corrected chi connectivity index (χ2v) is 6.97. The molecule has 108 valence electrons. The van der Waals surface area contributed by atoms with Crippen LogP contribution in [0.25, 0.3) is 21.7 Å². The van der Waals surface area contributed by atoms with Crippen LogP contribution in [-0.2, 0) is 0 Å². The molecular weight excluding hydrogens is 338 g/mol. The zero-order chi connectivity index (χ0) is 15.1. The quantitative estimate of drug-likeness (QED) is 0.561. The minimum absolute atomic E-state index is 0.148. The van der Waals surface area contributed by atoms with Gasteiger partial charge < -0.3 is 0 Å². The monoisotopic (exact) mass is 345 g/mol. The molecule has 4 aromatic rings. The molecule has 0 aliphatic rings. The molecule has 0 fully saturated rings. The summed E-state index contributed by atoms with van der Waals surface area (Å²) in [7, 11) is 0. The molecule has 0 spiro atoms. The minimum Gasteiger partial charge on any atom is -0.266 e. The maximum Gasteiger partial charge on any atom is 0.291 e. The molecule has 0 radical (unpaired) electrons. The smallest absolute Gasteiger partial charge is 0.266 e. The molecule has 0 aliphatic heterocycles. The molecule has 4 rings (SSSR count). The Labute approximate surface area is 137 Å². The van der Waals surface area contributed by atoms with Crippen molar-refractivity contribution >= 4 is 45.3 Å². The number of benzene rings is 1. The molecule has 22 heavy (non-hydrogen) atoms. The highest BCUT2D eigenvalue weighted by Crippen LogP contribution is 2.21. The molecule has 0 aliphatic carbocycles. The Kier molecular flexibility index (Phi) is 3.29. The summed E-state index contributed by atoms with van der Waals surface area (Å²) in [6.07, 6.45) is 1.82. The van der Waals surface area contributed by atoms with Gasteiger partial charge in [0.1, 0.15) is 0 Å². The molecule has 4 nitrogen and oxygen atoms in total. The third-order valence-electron chi connectivity index (χ3n) is 3.09. The molecule has 0 saturated carbocycles. The number of hydrogen-bond donors (Lipinski definition) is 0. The van der Waals surface area contributed by atoms with Crippen LogP contribution >= 0.6 is 34.3 Å². The van der Waals surface area contributed by atoms with Crippen LogP contribution in [0.15, 0.2) is 46.6 Å². The number of fused-ring (bicyclic) bond motifs is 1. The van der Waals surface area contributed by atoms with Crippen molar-refractivity contribution in [1.29, 1.82) is 0 Å². The number of rotatable bonds is 2. The summed E-state index contributed by atoms with van der Waals surface area (Å²) in [5.41, 5.74) is 0.773. The van der Waals surface area contributed by atoms with Crippen molar-refractivity contribution in [2.75, 3.05) is 0 Å². The van der Waals surface area contributed by atoms with Gasteiger partial charge in [-0.1, -0.05) is 41.1 Å². The highest BCUT2D eigenvalue weighted by molar-refractivity contribution is 7.15. The molecular formula is C15H8ClN3OS2. The van der Waals surface area contributed by atoms with Crippen molar-refractivity contribution in [2.24, 2.45) is 0 Å². The fourth-order valence-corrected chi connectivity index (χ4v) is 3.74. The molecule has 3 heterocycles. The third kappa shape index (κ3) is 2.35. The lowest BCUT2D eigenvalue weighted by molar-refractivity contribution is 0.938. The van der Waals surface area contributed by atoms with Crippen LogP contribution in [0.2, 0.25) is 5.02 Å². The first kappa shape index (κ1) is 13.6. The first-order chi connectivity index (χ1) is 10.7. The van der Waals surface area contributed by atoms with E-state index >= 15 is 0 Å². The zero-order valence-electron chi connectivity index (χ0n) is 11.1. The number of nitrogens with zero attached hydrogens (tertiary/aromatic N) is 3. The minimum atomic E-state index is -0.148. The Bertz CT molecular complexity index is 1050. The number of thiazole rings is 1. The maximum atomic E-state index is 12.4. The SMILES string of the molecule is O=c1c(=Cc2ccc(Cl)cc2)sc2nc(-c3cccs3)nn12. The van der Waals surface area contributed by atoms with Crippen LogP contribution in [0, 0.1) is 0 Å². The van der Waals surface area contributed by atoms with Crippen molar-refractivity contribution < 1.29 is 0 Å². The Morgan fingerprint density at radius 3 is 2.68 bits per heavy atom. The lowest BCUT2D eigenvalue weighted by Crippen LogP contribution is -2.23. The number of halogens is 1. The molecule has 1 aromatic carbocycles. The Balaban J connectivity index is 1.84. The van der Waals surface area contributed by atoms with E-state index in [9.17, 15) is 4.79 Å². The Morgan fingerprint density at radius 1 is 1.18 bits per heavy atom. The molecule has 0 N–H and O–H groups in total. The van der Waals surface area contributed by atoms with Gasteiger partial charge in [0.2, 0.25) is 4.96 Å². The predicted molar refractivity (Wildman–Crippen MR) is 90.7 cm³/mol. The lowest BCUT2D eigenvalue weighted by atomic mass is 10.2. The summed E-state index contributed by atoms with van der Waals surface area (Å²) in [6, 6.07) is 11.2. The van der Waals surface area contributed by atoms with E-state index < -0.39 is 0 Å². The normalized spacial score (nSPS) is 12.3. The predicted octanol–water partition coefficient (Wildman–Crippen LogP) is 3.08. The van der Waals surface area contributed by atoms with Gasteiger partial charge in [0.15, 0.2) is 5.82 Å². The van der Waals surface area contributed by atoms with Crippen LogP contribution in [0.3, 0.4) is 0 Å². The zero-order valence-corrected chi connectivity index (χ0v) is 13.5. The number of thiophene rings is 1. The van der Waals surface area contributed by atoms with E-state index in [1.54, 1.807) is 23.5 Å². The standard InChI is InChI=1S/C15H8ClN3OS2/c16-10-5-3-9(4-6-10)8-12-14(20)19-15(22-12)17-13(18-19)11-2-1-7-21-11/h1-8H. The van der Waals surface area contributed by atoms with Crippen LogP contribution in [-0.4, -0.2) is 14.6 Å². The molecule has 0 atom stereocenters. The molecule has 7 heteroatoms. The first-order valence-corrected chi connectivity index (χ1v) is 8.49. The van der Waals surface area contributed by atoms with Crippen LogP contribution in [0.4, 0.5) is 0 Å². The van der Waals surface area contributed by atoms with Crippen molar-refractivity contribution in [1.82, 2.24) is 14.6 Å². The summed E-state index contributed by atoms with van der Waals surface area (Å²) in [4.78, 5) is 18.4. The van der Waals surface area contributed by atoms with Gasteiger partial charge in [-0.3, -0.25) is 4.79 Å². The van der Waals surface area contributed by atoms with E-state index in [2.05, 4.69) is 10.1 Å². The van der Waals surface area contributed by atoms with Crippen LogP contribution in [0.1, 0.15) is 5.56 Å². The van der Waals surface area contributed by atoms with Gasteiger partial charge in [0, 0.05) is 5.02 Å². The molecule has 3 aromatic heterocycles. The van der Waals surface area contributed by atoms with Crippen LogP contribution < -0.4 is 10.1 Å². The van der Waals surface area contributed by atoms with Crippen molar-refractivity contribution in [2.45, 2.75) is 0 Å². The van der Waals surface area contributed by atoms with Crippen LogP contribution in [0.5, 0.6) is 0 Å². The fraction of sp³-hybridized carbons (Fsp3) is 0. The fourth-order valence-electron chi connectivity index (χ4n) is 2.05. The highest BCUT2D eigenvalue weighted by Gasteiger charge is 2.12. The van der Waals surface area contributed by atoms with Gasteiger partial charge in [0.25, 0.3) is 5.56 Å². The summed E-state index contributed by atoms with van der Waals surface area (Å²) in [6.45, 7) is 0. The number of aromatic nitrogens is 3. The van der Waals surface area contributed by atoms with Gasteiger partial charge in [-0.15, -0.1) is 16.4 Å².